The lowest BCUT2D eigenvalue weighted by molar-refractivity contribution is -0.120. The third kappa shape index (κ3) is 4.98. The number of aromatic nitrogens is 1. The number of amides is 1. The Morgan fingerprint density at radius 3 is 2.79 bits per heavy atom. The van der Waals surface area contributed by atoms with Gasteiger partial charge in [-0.3, -0.25) is 4.79 Å². The molecule has 1 saturated heterocycles. The number of oxazole rings is 1. The molecule has 2 aliphatic rings. The Hall–Kier alpha value is -2.35. The van der Waals surface area contributed by atoms with Crippen LogP contribution in [0, 0.1) is 11.7 Å². The van der Waals surface area contributed by atoms with Gasteiger partial charge in [0.05, 0.1) is 19.3 Å². The molecular formula is C21H28FN3O4. The first kappa shape index (κ1) is 19.9. The van der Waals surface area contributed by atoms with Crippen LogP contribution in [0.1, 0.15) is 39.5 Å². The van der Waals surface area contributed by atoms with E-state index >= 15 is 0 Å². The molecule has 1 aliphatic heterocycles. The molecule has 1 aromatic carbocycles. The van der Waals surface area contributed by atoms with Crippen LogP contribution in [0.2, 0.25) is 0 Å². The topological polar surface area (TPSA) is 76.8 Å². The number of benzene rings is 1. The molecule has 2 heterocycles. The summed E-state index contributed by atoms with van der Waals surface area (Å²) in [4.78, 5) is 17.5. The lowest BCUT2D eigenvalue weighted by Crippen LogP contribution is -2.40. The van der Waals surface area contributed by atoms with Gasteiger partial charge in [0.15, 0.2) is 11.3 Å². The number of nitrogens with zero attached hydrogens (tertiary/aromatic N) is 2. The Labute approximate surface area is 169 Å². The molecule has 0 bridgehead atoms. The maximum absolute atomic E-state index is 14.7. The van der Waals surface area contributed by atoms with E-state index in [2.05, 4.69) is 10.3 Å². The molecule has 1 N–H and O–H groups in total. The van der Waals surface area contributed by atoms with Crippen molar-refractivity contribution in [2.75, 3.05) is 31.2 Å². The van der Waals surface area contributed by atoms with Gasteiger partial charge >= 0.3 is 0 Å². The number of hydrogen-bond acceptors (Lipinski definition) is 6. The average molecular weight is 405 g/mol. The van der Waals surface area contributed by atoms with E-state index < -0.39 is 5.82 Å². The highest BCUT2D eigenvalue weighted by Gasteiger charge is 2.26. The molecule has 1 aliphatic carbocycles. The van der Waals surface area contributed by atoms with Crippen LogP contribution >= 0.6 is 0 Å². The van der Waals surface area contributed by atoms with Crippen molar-refractivity contribution in [2.24, 2.45) is 5.92 Å². The van der Waals surface area contributed by atoms with E-state index in [9.17, 15) is 9.18 Å². The Bertz CT molecular complexity index is 859. The molecule has 29 heavy (non-hydrogen) atoms. The standard InChI is InChI=1S/C21H28FN3O4/c1-13(23-14(2)26)11-27-16-7-9-25(10-8-16)21-24-17-5-6-18(19(22)20(17)29-21)28-12-15-3-4-15/h5-6,13,15-16H,3-4,7-12H2,1-2H3,(H,23,26)/t13-/m0/s1. The molecule has 1 atom stereocenters. The van der Waals surface area contributed by atoms with E-state index in [1.165, 1.54) is 6.92 Å². The van der Waals surface area contributed by atoms with Crippen LogP contribution in [0.5, 0.6) is 5.75 Å². The predicted molar refractivity (Wildman–Crippen MR) is 107 cm³/mol. The zero-order valence-corrected chi connectivity index (χ0v) is 16.9. The lowest BCUT2D eigenvalue weighted by Gasteiger charge is -2.31. The summed E-state index contributed by atoms with van der Waals surface area (Å²) in [6, 6.07) is 3.79. The quantitative estimate of drug-likeness (QED) is 0.726. The van der Waals surface area contributed by atoms with Crippen LogP contribution in [-0.4, -0.2) is 49.3 Å². The van der Waals surface area contributed by atoms with Gasteiger partial charge in [-0.2, -0.15) is 9.37 Å². The number of hydrogen-bond donors (Lipinski definition) is 1. The lowest BCUT2D eigenvalue weighted by atomic mass is 10.1. The maximum Gasteiger partial charge on any atom is 0.298 e. The Balaban J connectivity index is 1.33. The number of anilines is 1. The number of carbonyl (C=O) groups excluding carboxylic acids is 1. The van der Waals surface area contributed by atoms with Crippen molar-refractivity contribution in [2.45, 2.75) is 51.7 Å². The van der Waals surface area contributed by atoms with E-state index in [4.69, 9.17) is 13.9 Å². The second kappa shape index (κ2) is 8.57. The van der Waals surface area contributed by atoms with Crippen molar-refractivity contribution < 1.29 is 23.1 Å². The average Bonchev–Trinajstić information content (AvgIpc) is 3.42. The van der Waals surface area contributed by atoms with Crippen LogP contribution < -0.4 is 15.0 Å². The van der Waals surface area contributed by atoms with Gasteiger partial charge in [0, 0.05) is 26.1 Å². The summed E-state index contributed by atoms with van der Waals surface area (Å²) in [5.74, 6) is 0.250. The first-order chi connectivity index (χ1) is 14.0. The van der Waals surface area contributed by atoms with Crippen molar-refractivity contribution in [3.8, 4) is 5.75 Å². The van der Waals surface area contributed by atoms with Crippen LogP contribution in [0.15, 0.2) is 16.5 Å². The molecule has 0 spiro atoms. The third-order valence-electron chi connectivity index (χ3n) is 5.37. The van der Waals surface area contributed by atoms with Crippen molar-refractivity contribution >= 4 is 23.0 Å². The molecule has 4 rings (SSSR count). The predicted octanol–water partition coefficient (Wildman–Crippen LogP) is 3.27. The summed E-state index contributed by atoms with van der Waals surface area (Å²) in [6.07, 6.45) is 4.09. The molecule has 0 unspecified atom stereocenters. The van der Waals surface area contributed by atoms with Crippen LogP contribution in [0.3, 0.4) is 0 Å². The molecule has 1 saturated carbocycles. The molecule has 1 amide bonds. The summed E-state index contributed by atoms with van der Waals surface area (Å²) in [7, 11) is 0. The normalized spacial score (nSPS) is 18.8. The summed E-state index contributed by atoms with van der Waals surface area (Å²) < 4.78 is 32.0. The Kier molecular flexibility index (Phi) is 5.89. The van der Waals surface area contributed by atoms with Crippen LogP contribution in [0.4, 0.5) is 10.4 Å². The Morgan fingerprint density at radius 1 is 1.34 bits per heavy atom. The fraction of sp³-hybridized carbons (Fsp3) is 0.619. The number of halogens is 1. The largest absolute Gasteiger partial charge is 0.490 e. The van der Waals surface area contributed by atoms with E-state index in [1.54, 1.807) is 12.1 Å². The minimum atomic E-state index is -0.480. The summed E-state index contributed by atoms with van der Waals surface area (Å²) in [6.45, 7) is 5.91. The van der Waals surface area contributed by atoms with Gasteiger partial charge in [-0.05, 0) is 50.7 Å². The van der Waals surface area contributed by atoms with Crippen molar-refractivity contribution in [3.05, 3.63) is 17.9 Å². The van der Waals surface area contributed by atoms with E-state index in [-0.39, 0.29) is 29.4 Å². The molecule has 0 radical (unpaired) electrons. The molecule has 158 valence electrons. The first-order valence-corrected chi connectivity index (χ1v) is 10.3. The van der Waals surface area contributed by atoms with Gasteiger partial charge < -0.3 is 24.1 Å². The number of ether oxygens (including phenoxy) is 2. The molecule has 7 nitrogen and oxygen atoms in total. The highest BCUT2D eigenvalue weighted by atomic mass is 19.1. The molecule has 1 aromatic heterocycles. The minimum absolute atomic E-state index is 0.0122. The highest BCUT2D eigenvalue weighted by Crippen LogP contribution is 2.33. The Morgan fingerprint density at radius 2 is 2.10 bits per heavy atom. The zero-order valence-electron chi connectivity index (χ0n) is 16.9. The maximum atomic E-state index is 14.7. The van der Waals surface area contributed by atoms with Crippen molar-refractivity contribution in [3.63, 3.8) is 0 Å². The minimum Gasteiger partial charge on any atom is -0.490 e. The van der Waals surface area contributed by atoms with Gasteiger partial charge in [-0.25, -0.2) is 0 Å². The van der Waals surface area contributed by atoms with Gasteiger partial charge in [-0.15, -0.1) is 0 Å². The van der Waals surface area contributed by atoms with Crippen molar-refractivity contribution in [1.29, 1.82) is 0 Å². The zero-order chi connectivity index (χ0) is 20.4. The number of fused-ring (bicyclic) bond motifs is 1. The van der Waals surface area contributed by atoms with Crippen LogP contribution in [0.25, 0.3) is 11.1 Å². The van der Waals surface area contributed by atoms with Crippen LogP contribution in [-0.2, 0) is 9.53 Å². The number of piperidine rings is 1. The smallest absolute Gasteiger partial charge is 0.298 e. The molecule has 2 aromatic rings. The van der Waals surface area contributed by atoms with E-state index in [1.807, 2.05) is 11.8 Å². The fourth-order valence-electron chi connectivity index (χ4n) is 3.55. The number of rotatable bonds is 8. The van der Waals surface area contributed by atoms with Gasteiger partial charge in [-0.1, -0.05) is 0 Å². The van der Waals surface area contributed by atoms with Crippen molar-refractivity contribution in [1.82, 2.24) is 10.3 Å². The van der Waals surface area contributed by atoms with E-state index in [0.717, 1.165) is 38.8 Å². The number of nitrogens with one attached hydrogen (secondary N) is 1. The fourth-order valence-corrected chi connectivity index (χ4v) is 3.55. The SMILES string of the molecule is CC(=O)N[C@@H](C)COC1CCN(c2nc3ccc(OCC4CC4)c(F)c3o2)CC1. The molecule has 2 fully saturated rings. The highest BCUT2D eigenvalue weighted by molar-refractivity contribution is 5.77. The molecule has 8 heteroatoms. The summed E-state index contributed by atoms with van der Waals surface area (Å²) in [5, 5.41) is 2.82. The number of carbonyl (C=O) groups is 1. The van der Waals surface area contributed by atoms with Gasteiger partial charge in [0.25, 0.3) is 6.01 Å². The second-order valence-corrected chi connectivity index (χ2v) is 8.10. The van der Waals surface area contributed by atoms with Gasteiger partial charge in [0.2, 0.25) is 11.7 Å². The van der Waals surface area contributed by atoms with E-state index in [0.29, 0.717) is 30.7 Å². The summed E-state index contributed by atoms with van der Waals surface area (Å²) in [5.41, 5.74) is 0.648. The second-order valence-electron chi connectivity index (χ2n) is 8.10. The third-order valence-corrected chi connectivity index (χ3v) is 5.37. The molecular weight excluding hydrogens is 377 g/mol. The monoisotopic (exact) mass is 405 g/mol. The van der Waals surface area contributed by atoms with Gasteiger partial charge in [0.1, 0.15) is 5.52 Å². The summed E-state index contributed by atoms with van der Waals surface area (Å²) >= 11 is 0. The first-order valence-electron chi connectivity index (χ1n) is 10.3.